The second kappa shape index (κ2) is 6.74. The molecular formula is C20H13N3O2. The third-order valence-corrected chi connectivity index (χ3v) is 3.83. The first-order chi connectivity index (χ1) is 12.2. The fourth-order valence-electron chi connectivity index (χ4n) is 2.57. The standard InChI is InChI=1S/C20H13N3O2/c1-25-16-5-6-19-17(9-16)18(12-23-19)20(24)15(11-22)8-13-3-2-4-14(7-13)10-21/h2-9,12,23H,1H3. The van der Waals surface area contributed by atoms with Crippen LogP contribution in [0.1, 0.15) is 21.5 Å². The van der Waals surface area contributed by atoms with Crippen molar-refractivity contribution in [3.63, 3.8) is 0 Å². The van der Waals surface area contributed by atoms with Crippen LogP contribution in [0.5, 0.6) is 5.75 Å². The third-order valence-electron chi connectivity index (χ3n) is 3.83. The molecule has 0 amide bonds. The molecular weight excluding hydrogens is 314 g/mol. The van der Waals surface area contributed by atoms with Crippen LogP contribution in [0.15, 0.2) is 54.2 Å². The summed E-state index contributed by atoms with van der Waals surface area (Å²) in [5, 5.41) is 19.1. The van der Waals surface area contributed by atoms with Gasteiger partial charge in [-0.2, -0.15) is 10.5 Å². The lowest BCUT2D eigenvalue weighted by atomic mass is 10.0. The summed E-state index contributed by atoms with van der Waals surface area (Å²) in [6.45, 7) is 0. The van der Waals surface area contributed by atoms with Crippen LogP contribution in [0.3, 0.4) is 0 Å². The number of aromatic amines is 1. The average Bonchev–Trinajstić information content (AvgIpc) is 3.08. The van der Waals surface area contributed by atoms with Crippen molar-refractivity contribution < 1.29 is 9.53 Å². The van der Waals surface area contributed by atoms with E-state index in [9.17, 15) is 10.1 Å². The Morgan fingerprint density at radius 2 is 2.04 bits per heavy atom. The van der Waals surface area contributed by atoms with E-state index in [1.54, 1.807) is 49.7 Å². The Bertz CT molecular complexity index is 1080. The summed E-state index contributed by atoms with van der Waals surface area (Å²) in [5.41, 5.74) is 2.28. The zero-order valence-corrected chi connectivity index (χ0v) is 13.4. The van der Waals surface area contributed by atoms with Crippen LogP contribution in [0.2, 0.25) is 0 Å². The number of nitrogens with one attached hydrogen (secondary N) is 1. The van der Waals surface area contributed by atoms with Gasteiger partial charge in [0.1, 0.15) is 17.4 Å². The van der Waals surface area contributed by atoms with Crippen molar-refractivity contribution in [2.24, 2.45) is 0 Å². The molecule has 0 spiro atoms. The number of ether oxygens (including phenoxy) is 1. The molecule has 1 N–H and O–H groups in total. The summed E-state index contributed by atoms with van der Waals surface area (Å²) in [4.78, 5) is 15.8. The highest BCUT2D eigenvalue weighted by Gasteiger charge is 2.17. The summed E-state index contributed by atoms with van der Waals surface area (Å²) in [7, 11) is 1.55. The van der Waals surface area contributed by atoms with Gasteiger partial charge in [0.05, 0.1) is 18.7 Å². The Kier molecular flexibility index (Phi) is 4.32. The molecule has 0 bridgehead atoms. The highest BCUT2D eigenvalue weighted by atomic mass is 16.5. The number of carbonyl (C=O) groups is 1. The molecule has 25 heavy (non-hydrogen) atoms. The summed E-state index contributed by atoms with van der Waals surface area (Å²) in [6.07, 6.45) is 3.07. The first kappa shape index (κ1) is 16.0. The number of Topliss-reactive ketones (excluding diaryl/α,β-unsaturated/α-hetero) is 1. The van der Waals surface area contributed by atoms with Gasteiger partial charge in [0.15, 0.2) is 0 Å². The maximum atomic E-state index is 12.8. The van der Waals surface area contributed by atoms with Crippen molar-refractivity contribution in [1.29, 1.82) is 10.5 Å². The Labute approximate surface area is 144 Å². The molecule has 0 radical (unpaired) electrons. The van der Waals surface area contributed by atoms with Crippen molar-refractivity contribution in [2.45, 2.75) is 0 Å². The van der Waals surface area contributed by atoms with E-state index in [-0.39, 0.29) is 11.4 Å². The van der Waals surface area contributed by atoms with E-state index in [2.05, 4.69) is 4.98 Å². The fraction of sp³-hybridized carbons (Fsp3) is 0.0500. The van der Waals surface area contributed by atoms with E-state index >= 15 is 0 Å². The van der Waals surface area contributed by atoms with Crippen LogP contribution in [-0.2, 0) is 0 Å². The van der Waals surface area contributed by atoms with Crippen LogP contribution in [0.25, 0.3) is 17.0 Å². The molecule has 1 aromatic heterocycles. The second-order valence-electron chi connectivity index (χ2n) is 5.35. The number of fused-ring (bicyclic) bond motifs is 1. The van der Waals surface area contributed by atoms with Crippen molar-refractivity contribution in [1.82, 2.24) is 4.98 Å². The second-order valence-corrected chi connectivity index (χ2v) is 5.35. The quantitative estimate of drug-likeness (QED) is 0.448. The van der Waals surface area contributed by atoms with Crippen molar-refractivity contribution in [2.75, 3.05) is 7.11 Å². The molecule has 5 nitrogen and oxygen atoms in total. The molecule has 0 fully saturated rings. The Hall–Kier alpha value is -3.83. The summed E-state index contributed by atoms with van der Waals surface area (Å²) >= 11 is 0. The molecule has 120 valence electrons. The van der Waals surface area contributed by atoms with Crippen molar-refractivity contribution in [3.05, 3.63) is 70.9 Å². The lowest BCUT2D eigenvalue weighted by molar-refractivity contribution is 0.104. The number of benzene rings is 2. The molecule has 1 heterocycles. The Balaban J connectivity index is 2.05. The molecule has 0 saturated carbocycles. The number of hydrogen-bond acceptors (Lipinski definition) is 4. The van der Waals surface area contributed by atoms with E-state index in [0.29, 0.717) is 27.8 Å². The summed E-state index contributed by atoms with van der Waals surface area (Å²) in [5.74, 6) is 0.245. The molecule has 5 heteroatoms. The van der Waals surface area contributed by atoms with Crippen LogP contribution >= 0.6 is 0 Å². The fourth-order valence-corrected chi connectivity index (χ4v) is 2.57. The molecule has 0 unspecified atom stereocenters. The van der Waals surface area contributed by atoms with Crippen LogP contribution < -0.4 is 4.74 Å². The van der Waals surface area contributed by atoms with Crippen LogP contribution in [0, 0.1) is 22.7 Å². The number of nitriles is 2. The minimum atomic E-state index is -0.385. The molecule has 0 saturated heterocycles. The van der Waals surface area contributed by atoms with Gasteiger partial charge in [-0.1, -0.05) is 12.1 Å². The number of aromatic nitrogens is 1. The highest BCUT2D eigenvalue weighted by molar-refractivity contribution is 6.20. The first-order valence-electron chi connectivity index (χ1n) is 7.48. The van der Waals surface area contributed by atoms with E-state index < -0.39 is 0 Å². The smallest absolute Gasteiger partial charge is 0.205 e. The van der Waals surface area contributed by atoms with E-state index in [4.69, 9.17) is 10.00 Å². The van der Waals surface area contributed by atoms with Gasteiger partial charge in [-0.3, -0.25) is 4.79 Å². The number of nitrogens with zero attached hydrogens (tertiary/aromatic N) is 2. The van der Waals surface area contributed by atoms with Gasteiger partial charge in [-0.15, -0.1) is 0 Å². The predicted octanol–water partition coefficient (Wildman–Crippen LogP) is 3.84. The van der Waals surface area contributed by atoms with Gasteiger partial charge >= 0.3 is 0 Å². The number of allylic oxidation sites excluding steroid dienone is 1. The summed E-state index contributed by atoms with van der Waals surface area (Å²) < 4.78 is 5.20. The van der Waals surface area contributed by atoms with Gasteiger partial charge in [-0.05, 0) is 42.0 Å². The number of H-pyrrole nitrogens is 1. The van der Waals surface area contributed by atoms with Gasteiger partial charge < -0.3 is 9.72 Å². The molecule has 0 aliphatic rings. The average molecular weight is 327 g/mol. The molecule has 0 aliphatic heterocycles. The third kappa shape index (κ3) is 3.12. The van der Waals surface area contributed by atoms with E-state index in [1.807, 2.05) is 18.2 Å². The number of ketones is 1. The molecule has 3 rings (SSSR count). The van der Waals surface area contributed by atoms with Crippen LogP contribution in [-0.4, -0.2) is 17.9 Å². The zero-order chi connectivity index (χ0) is 17.8. The largest absolute Gasteiger partial charge is 0.497 e. The maximum Gasteiger partial charge on any atom is 0.205 e. The highest BCUT2D eigenvalue weighted by Crippen LogP contribution is 2.26. The normalized spacial score (nSPS) is 10.9. The molecule has 3 aromatic rings. The zero-order valence-electron chi connectivity index (χ0n) is 13.4. The summed E-state index contributed by atoms with van der Waals surface area (Å²) in [6, 6.07) is 16.1. The lowest BCUT2D eigenvalue weighted by Gasteiger charge is -2.02. The molecule has 0 aliphatic carbocycles. The minimum absolute atomic E-state index is 0.00110. The molecule has 2 aromatic carbocycles. The lowest BCUT2D eigenvalue weighted by Crippen LogP contribution is -2.01. The van der Waals surface area contributed by atoms with E-state index in [0.717, 1.165) is 5.52 Å². The van der Waals surface area contributed by atoms with Gasteiger partial charge in [0, 0.05) is 22.7 Å². The van der Waals surface area contributed by atoms with Gasteiger partial charge in [0.25, 0.3) is 0 Å². The minimum Gasteiger partial charge on any atom is -0.497 e. The van der Waals surface area contributed by atoms with Crippen molar-refractivity contribution >= 4 is 22.8 Å². The van der Waals surface area contributed by atoms with Gasteiger partial charge in [-0.25, -0.2) is 0 Å². The van der Waals surface area contributed by atoms with Crippen molar-refractivity contribution in [3.8, 4) is 17.9 Å². The topological polar surface area (TPSA) is 89.7 Å². The monoisotopic (exact) mass is 327 g/mol. The Morgan fingerprint density at radius 1 is 1.20 bits per heavy atom. The number of hydrogen-bond donors (Lipinski definition) is 1. The van der Waals surface area contributed by atoms with Gasteiger partial charge in [0.2, 0.25) is 5.78 Å². The number of carbonyl (C=O) groups excluding carboxylic acids is 1. The first-order valence-corrected chi connectivity index (χ1v) is 7.48. The number of rotatable bonds is 4. The predicted molar refractivity (Wildman–Crippen MR) is 93.9 cm³/mol. The van der Waals surface area contributed by atoms with E-state index in [1.165, 1.54) is 6.08 Å². The Morgan fingerprint density at radius 3 is 2.76 bits per heavy atom. The SMILES string of the molecule is COc1ccc2[nH]cc(C(=O)C(C#N)=Cc3cccc(C#N)c3)c2c1. The maximum absolute atomic E-state index is 12.8. The molecule has 0 atom stereocenters. The van der Waals surface area contributed by atoms with Crippen LogP contribution in [0.4, 0.5) is 0 Å². The number of methoxy groups -OCH3 is 1.